The quantitative estimate of drug-likeness (QED) is 0.755. The van der Waals surface area contributed by atoms with Gasteiger partial charge in [-0.1, -0.05) is 0 Å². The van der Waals surface area contributed by atoms with Crippen molar-refractivity contribution in [2.75, 3.05) is 13.2 Å². The summed E-state index contributed by atoms with van der Waals surface area (Å²) in [5.74, 6) is -1.61. The highest BCUT2D eigenvalue weighted by Crippen LogP contribution is 2.34. The van der Waals surface area contributed by atoms with E-state index >= 15 is 0 Å². The molecule has 15 heavy (non-hydrogen) atoms. The van der Waals surface area contributed by atoms with Crippen molar-refractivity contribution in [3.8, 4) is 0 Å². The molecule has 5 heteroatoms. The Kier molecular flexibility index (Phi) is 2.95. The Morgan fingerprint density at radius 2 is 2.40 bits per heavy atom. The minimum atomic E-state index is -0.861. The van der Waals surface area contributed by atoms with Gasteiger partial charge >= 0.3 is 5.97 Å². The van der Waals surface area contributed by atoms with E-state index in [-0.39, 0.29) is 18.6 Å². The molecule has 2 saturated heterocycles. The van der Waals surface area contributed by atoms with Crippen LogP contribution in [0.25, 0.3) is 0 Å². The first-order valence-corrected chi connectivity index (χ1v) is 5.25. The molecule has 0 aromatic carbocycles. The van der Waals surface area contributed by atoms with Crippen molar-refractivity contribution in [3.63, 3.8) is 0 Å². The first kappa shape index (κ1) is 10.9. The lowest BCUT2D eigenvalue weighted by Crippen LogP contribution is -2.40. The number of hydrogen-bond donors (Lipinski definition) is 1. The Morgan fingerprint density at radius 1 is 1.60 bits per heavy atom. The van der Waals surface area contributed by atoms with Crippen LogP contribution < -0.4 is 0 Å². The van der Waals surface area contributed by atoms with Crippen LogP contribution in [0.5, 0.6) is 0 Å². The van der Waals surface area contributed by atoms with Crippen LogP contribution in [-0.2, 0) is 19.0 Å². The van der Waals surface area contributed by atoms with Crippen molar-refractivity contribution >= 4 is 5.97 Å². The minimum Gasteiger partial charge on any atom is -0.481 e. The highest BCUT2D eigenvalue weighted by Gasteiger charge is 2.46. The third kappa shape index (κ3) is 2.30. The fourth-order valence-corrected chi connectivity index (χ4v) is 2.11. The standard InChI is InChI=1S/C10H16O5/c1-10(8-3-2-4-13-8)14-6-7(15-10)5-9(11)12/h7-8H,2-6H2,1H3,(H,11,12). The van der Waals surface area contributed by atoms with Gasteiger partial charge < -0.3 is 19.3 Å². The maximum Gasteiger partial charge on any atom is 0.306 e. The second-order valence-corrected chi connectivity index (χ2v) is 4.17. The highest BCUT2D eigenvalue weighted by molar-refractivity contribution is 5.67. The molecule has 0 aromatic heterocycles. The Morgan fingerprint density at radius 3 is 3.00 bits per heavy atom. The third-order valence-electron chi connectivity index (χ3n) is 2.87. The summed E-state index contributed by atoms with van der Waals surface area (Å²) in [6.45, 7) is 2.89. The Hall–Kier alpha value is -0.650. The van der Waals surface area contributed by atoms with Crippen LogP contribution in [-0.4, -0.2) is 42.3 Å². The highest BCUT2D eigenvalue weighted by atomic mass is 16.8. The molecule has 0 bridgehead atoms. The zero-order valence-electron chi connectivity index (χ0n) is 8.77. The lowest BCUT2D eigenvalue weighted by Gasteiger charge is -2.28. The molecule has 1 N–H and O–H groups in total. The van der Waals surface area contributed by atoms with Crippen LogP contribution in [0, 0.1) is 0 Å². The molecule has 0 radical (unpaired) electrons. The van der Waals surface area contributed by atoms with Crippen LogP contribution in [0.3, 0.4) is 0 Å². The first-order chi connectivity index (χ1) is 7.10. The van der Waals surface area contributed by atoms with Gasteiger partial charge in [0, 0.05) is 6.61 Å². The molecule has 86 valence electrons. The van der Waals surface area contributed by atoms with Crippen LogP contribution >= 0.6 is 0 Å². The normalized spacial score (nSPS) is 40.9. The summed E-state index contributed by atoms with van der Waals surface area (Å²) in [5, 5.41) is 8.64. The second kappa shape index (κ2) is 4.08. The molecule has 3 atom stereocenters. The van der Waals surface area contributed by atoms with E-state index in [2.05, 4.69) is 0 Å². The number of hydrogen-bond acceptors (Lipinski definition) is 4. The summed E-state index contributed by atoms with van der Waals surface area (Å²) < 4.78 is 16.6. The van der Waals surface area contributed by atoms with Gasteiger partial charge in [0.05, 0.1) is 19.1 Å². The summed E-state index contributed by atoms with van der Waals surface area (Å²) >= 11 is 0. The molecule has 2 aliphatic heterocycles. The molecule has 3 unspecified atom stereocenters. The van der Waals surface area contributed by atoms with E-state index < -0.39 is 11.8 Å². The fourth-order valence-electron chi connectivity index (χ4n) is 2.11. The van der Waals surface area contributed by atoms with Gasteiger partial charge in [0.2, 0.25) is 0 Å². The average molecular weight is 216 g/mol. The Balaban J connectivity index is 1.91. The average Bonchev–Trinajstić information content (AvgIpc) is 2.74. The van der Waals surface area contributed by atoms with Crippen molar-refractivity contribution in [2.24, 2.45) is 0 Å². The third-order valence-corrected chi connectivity index (χ3v) is 2.87. The van der Waals surface area contributed by atoms with Gasteiger partial charge in [0.15, 0.2) is 5.79 Å². The van der Waals surface area contributed by atoms with Crippen molar-refractivity contribution < 1.29 is 24.1 Å². The van der Waals surface area contributed by atoms with Gasteiger partial charge in [-0.2, -0.15) is 0 Å². The zero-order valence-corrected chi connectivity index (χ0v) is 8.77. The largest absolute Gasteiger partial charge is 0.481 e. The molecule has 2 rings (SSSR count). The van der Waals surface area contributed by atoms with Crippen LogP contribution in [0.4, 0.5) is 0 Å². The van der Waals surface area contributed by atoms with Crippen molar-refractivity contribution in [3.05, 3.63) is 0 Å². The number of aliphatic carboxylic acids is 1. The fraction of sp³-hybridized carbons (Fsp3) is 0.900. The predicted octanol–water partition coefficient (Wildman–Crippen LogP) is 0.772. The van der Waals surface area contributed by atoms with Crippen molar-refractivity contribution in [1.82, 2.24) is 0 Å². The lowest BCUT2D eigenvalue weighted by molar-refractivity contribution is -0.218. The number of carboxylic acids is 1. The van der Waals surface area contributed by atoms with Gasteiger partial charge in [0.1, 0.15) is 6.10 Å². The minimum absolute atomic E-state index is 0.0116. The monoisotopic (exact) mass is 216 g/mol. The van der Waals surface area contributed by atoms with Gasteiger partial charge in [-0.15, -0.1) is 0 Å². The van der Waals surface area contributed by atoms with E-state index in [0.29, 0.717) is 6.61 Å². The van der Waals surface area contributed by atoms with Gasteiger partial charge in [-0.25, -0.2) is 0 Å². The molecule has 0 saturated carbocycles. The van der Waals surface area contributed by atoms with E-state index in [4.69, 9.17) is 19.3 Å². The topological polar surface area (TPSA) is 65.0 Å². The van der Waals surface area contributed by atoms with Crippen LogP contribution in [0.2, 0.25) is 0 Å². The maximum absolute atomic E-state index is 10.5. The van der Waals surface area contributed by atoms with Gasteiger partial charge in [-0.05, 0) is 19.8 Å². The molecule has 2 heterocycles. The molecule has 0 spiro atoms. The van der Waals surface area contributed by atoms with Gasteiger partial charge in [-0.3, -0.25) is 4.79 Å². The predicted molar refractivity (Wildman–Crippen MR) is 50.5 cm³/mol. The number of carbonyl (C=O) groups is 1. The summed E-state index contributed by atoms with van der Waals surface area (Å²) in [6, 6.07) is 0. The molecule has 2 fully saturated rings. The zero-order chi connectivity index (χ0) is 10.9. The molecule has 0 aliphatic carbocycles. The first-order valence-electron chi connectivity index (χ1n) is 5.25. The Bertz CT molecular complexity index is 248. The molecular formula is C10H16O5. The molecule has 5 nitrogen and oxygen atoms in total. The number of carboxylic acid groups (broad SMARTS) is 1. The van der Waals surface area contributed by atoms with Crippen LogP contribution in [0.1, 0.15) is 26.2 Å². The van der Waals surface area contributed by atoms with E-state index in [9.17, 15) is 4.79 Å². The summed E-state index contributed by atoms with van der Waals surface area (Å²) in [7, 11) is 0. The second-order valence-electron chi connectivity index (χ2n) is 4.17. The van der Waals surface area contributed by atoms with Crippen LogP contribution in [0.15, 0.2) is 0 Å². The van der Waals surface area contributed by atoms with Crippen molar-refractivity contribution in [1.29, 1.82) is 0 Å². The number of ether oxygens (including phenoxy) is 3. The molecule has 0 aromatic rings. The smallest absolute Gasteiger partial charge is 0.306 e. The molecule has 2 aliphatic rings. The SMILES string of the molecule is CC1(C2CCCO2)OCC(CC(=O)O)O1. The summed E-state index contributed by atoms with van der Waals surface area (Å²) in [4.78, 5) is 10.5. The molecular weight excluding hydrogens is 200 g/mol. The summed E-state index contributed by atoms with van der Waals surface area (Å²) in [6.07, 6.45) is 1.50. The summed E-state index contributed by atoms with van der Waals surface area (Å²) in [5.41, 5.74) is 0. The lowest BCUT2D eigenvalue weighted by atomic mass is 10.1. The van der Waals surface area contributed by atoms with E-state index in [1.165, 1.54) is 0 Å². The Labute approximate surface area is 88.3 Å². The van der Waals surface area contributed by atoms with Gasteiger partial charge in [0.25, 0.3) is 0 Å². The number of rotatable bonds is 3. The molecule has 0 amide bonds. The van der Waals surface area contributed by atoms with Crippen molar-refractivity contribution in [2.45, 2.75) is 44.2 Å². The van der Waals surface area contributed by atoms with E-state index in [1.807, 2.05) is 6.92 Å². The maximum atomic E-state index is 10.5. The van der Waals surface area contributed by atoms with E-state index in [0.717, 1.165) is 19.4 Å². The van der Waals surface area contributed by atoms with E-state index in [1.54, 1.807) is 0 Å².